The van der Waals surface area contributed by atoms with Crippen LogP contribution < -0.4 is 14.8 Å². The van der Waals surface area contributed by atoms with Crippen LogP contribution in [0.15, 0.2) is 53.4 Å². The van der Waals surface area contributed by atoms with Gasteiger partial charge in [0.15, 0.2) is 11.5 Å². The lowest BCUT2D eigenvalue weighted by Gasteiger charge is -2.07. The Hall–Kier alpha value is -2.86. The SMILES string of the molecule is O=C(Nc1cccc(-c2cscn2)c1)c1ccc2c(c1)OCO2. The molecule has 6 heteroatoms. The number of fused-ring (bicyclic) bond motifs is 1. The van der Waals surface area contributed by atoms with Gasteiger partial charge >= 0.3 is 0 Å². The number of anilines is 1. The number of ether oxygens (including phenoxy) is 2. The van der Waals surface area contributed by atoms with Gasteiger partial charge in [-0.3, -0.25) is 4.79 Å². The number of benzene rings is 2. The molecule has 1 amide bonds. The van der Waals surface area contributed by atoms with E-state index in [0.29, 0.717) is 17.1 Å². The number of carbonyl (C=O) groups excluding carboxylic acids is 1. The van der Waals surface area contributed by atoms with Crippen LogP contribution in [0.2, 0.25) is 0 Å². The highest BCUT2D eigenvalue weighted by Crippen LogP contribution is 2.32. The maximum atomic E-state index is 12.4. The molecular weight excluding hydrogens is 312 g/mol. The molecule has 0 saturated carbocycles. The second-order valence-corrected chi connectivity index (χ2v) is 5.70. The Bertz CT molecular complexity index is 862. The highest BCUT2D eigenvalue weighted by molar-refractivity contribution is 7.07. The summed E-state index contributed by atoms with van der Waals surface area (Å²) in [4.78, 5) is 16.7. The first kappa shape index (κ1) is 13.8. The van der Waals surface area contributed by atoms with Gasteiger partial charge < -0.3 is 14.8 Å². The fraction of sp³-hybridized carbons (Fsp3) is 0.0588. The molecular formula is C17H12N2O3S. The summed E-state index contributed by atoms with van der Waals surface area (Å²) in [6.07, 6.45) is 0. The molecule has 4 rings (SSSR count). The van der Waals surface area contributed by atoms with E-state index in [9.17, 15) is 4.79 Å². The quantitative estimate of drug-likeness (QED) is 0.796. The minimum absolute atomic E-state index is 0.191. The summed E-state index contributed by atoms with van der Waals surface area (Å²) < 4.78 is 10.5. The lowest BCUT2D eigenvalue weighted by molar-refractivity contribution is 0.102. The fourth-order valence-electron chi connectivity index (χ4n) is 2.35. The number of amides is 1. The summed E-state index contributed by atoms with van der Waals surface area (Å²) in [5.41, 5.74) is 4.89. The molecule has 2 aromatic carbocycles. The molecule has 0 saturated heterocycles. The number of rotatable bonds is 3. The number of nitrogens with zero attached hydrogens (tertiary/aromatic N) is 1. The van der Waals surface area contributed by atoms with E-state index in [4.69, 9.17) is 9.47 Å². The topological polar surface area (TPSA) is 60.5 Å². The first-order valence-electron chi connectivity index (χ1n) is 6.99. The third-order valence-corrected chi connectivity index (χ3v) is 4.07. The summed E-state index contributed by atoms with van der Waals surface area (Å²) in [5.74, 6) is 1.06. The van der Waals surface area contributed by atoms with Gasteiger partial charge in [-0.1, -0.05) is 12.1 Å². The van der Waals surface area contributed by atoms with Gasteiger partial charge in [-0.15, -0.1) is 11.3 Å². The van der Waals surface area contributed by atoms with Gasteiger partial charge in [0.2, 0.25) is 6.79 Å². The molecule has 5 nitrogen and oxygen atoms in total. The van der Waals surface area contributed by atoms with E-state index in [2.05, 4.69) is 10.3 Å². The average Bonchev–Trinajstić information content (AvgIpc) is 3.26. The van der Waals surface area contributed by atoms with Crippen LogP contribution in [0.5, 0.6) is 11.5 Å². The predicted molar refractivity (Wildman–Crippen MR) is 88.1 cm³/mol. The number of hydrogen-bond acceptors (Lipinski definition) is 5. The van der Waals surface area contributed by atoms with Crippen molar-refractivity contribution in [1.82, 2.24) is 4.98 Å². The Morgan fingerprint density at radius 3 is 2.91 bits per heavy atom. The smallest absolute Gasteiger partial charge is 0.255 e. The van der Waals surface area contributed by atoms with E-state index in [1.54, 1.807) is 23.7 Å². The normalized spacial score (nSPS) is 12.2. The summed E-state index contributed by atoms with van der Waals surface area (Å²) in [6, 6.07) is 12.7. The molecule has 1 N–H and O–H groups in total. The average molecular weight is 324 g/mol. The van der Waals surface area contributed by atoms with Gasteiger partial charge in [-0.25, -0.2) is 4.98 Å². The molecule has 1 aliphatic rings. The molecule has 0 spiro atoms. The zero-order valence-electron chi connectivity index (χ0n) is 12.0. The van der Waals surface area contributed by atoms with Gasteiger partial charge in [0.05, 0.1) is 11.2 Å². The molecule has 1 aromatic heterocycles. The molecule has 2 heterocycles. The van der Waals surface area contributed by atoms with Crippen molar-refractivity contribution < 1.29 is 14.3 Å². The van der Waals surface area contributed by atoms with E-state index in [-0.39, 0.29) is 12.7 Å². The second kappa shape index (κ2) is 5.73. The van der Waals surface area contributed by atoms with Crippen molar-refractivity contribution in [1.29, 1.82) is 0 Å². The highest BCUT2D eigenvalue weighted by Gasteiger charge is 2.16. The van der Waals surface area contributed by atoms with E-state index >= 15 is 0 Å². The zero-order chi connectivity index (χ0) is 15.6. The lowest BCUT2D eigenvalue weighted by Crippen LogP contribution is -2.11. The molecule has 0 unspecified atom stereocenters. The highest BCUT2D eigenvalue weighted by atomic mass is 32.1. The largest absolute Gasteiger partial charge is 0.454 e. The van der Waals surface area contributed by atoms with Crippen LogP contribution in [0, 0.1) is 0 Å². The summed E-state index contributed by atoms with van der Waals surface area (Å²) in [7, 11) is 0. The first-order valence-corrected chi connectivity index (χ1v) is 7.93. The van der Waals surface area contributed by atoms with E-state index in [1.807, 2.05) is 29.6 Å². The van der Waals surface area contributed by atoms with Gasteiger partial charge in [0, 0.05) is 22.2 Å². The van der Waals surface area contributed by atoms with Crippen molar-refractivity contribution >= 4 is 22.9 Å². The molecule has 0 radical (unpaired) electrons. The standard InChI is InChI=1S/C17H12N2O3S/c20-17(12-4-5-15-16(7-12)22-10-21-15)19-13-3-1-2-11(6-13)14-8-23-9-18-14/h1-9H,10H2,(H,19,20). The molecule has 0 aliphatic carbocycles. The molecule has 114 valence electrons. The third-order valence-electron chi connectivity index (χ3n) is 3.48. The van der Waals surface area contributed by atoms with E-state index < -0.39 is 0 Å². The summed E-state index contributed by atoms with van der Waals surface area (Å²) in [6.45, 7) is 0.191. The predicted octanol–water partition coefficient (Wildman–Crippen LogP) is 3.79. The van der Waals surface area contributed by atoms with Crippen LogP contribution in [0.3, 0.4) is 0 Å². The van der Waals surface area contributed by atoms with Crippen LogP contribution in [0.4, 0.5) is 5.69 Å². The van der Waals surface area contributed by atoms with Crippen molar-refractivity contribution in [2.24, 2.45) is 0 Å². The van der Waals surface area contributed by atoms with Gasteiger partial charge in [-0.2, -0.15) is 0 Å². The maximum absolute atomic E-state index is 12.4. The van der Waals surface area contributed by atoms with Crippen molar-refractivity contribution in [2.45, 2.75) is 0 Å². The molecule has 0 fully saturated rings. The monoisotopic (exact) mass is 324 g/mol. The number of carbonyl (C=O) groups is 1. The van der Waals surface area contributed by atoms with Crippen LogP contribution in [0.25, 0.3) is 11.3 Å². The van der Waals surface area contributed by atoms with Crippen LogP contribution >= 0.6 is 11.3 Å². The molecule has 23 heavy (non-hydrogen) atoms. The Balaban J connectivity index is 1.56. The van der Waals surface area contributed by atoms with Crippen LogP contribution in [-0.4, -0.2) is 17.7 Å². The molecule has 0 bridgehead atoms. The minimum Gasteiger partial charge on any atom is -0.454 e. The maximum Gasteiger partial charge on any atom is 0.255 e. The molecule has 1 aliphatic heterocycles. The second-order valence-electron chi connectivity index (χ2n) is 4.98. The van der Waals surface area contributed by atoms with Crippen LogP contribution in [-0.2, 0) is 0 Å². The Kier molecular flexibility index (Phi) is 3.44. The van der Waals surface area contributed by atoms with Crippen molar-refractivity contribution in [3.8, 4) is 22.8 Å². The van der Waals surface area contributed by atoms with Crippen molar-refractivity contribution in [3.63, 3.8) is 0 Å². The lowest BCUT2D eigenvalue weighted by atomic mass is 10.1. The van der Waals surface area contributed by atoms with Gasteiger partial charge in [0.1, 0.15) is 0 Å². The molecule has 0 atom stereocenters. The number of hydrogen-bond donors (Lipinski definition) is 1. The zero-order valence-corrected chi connectivity index (χ0v) is 12.8. The Morgan fingerprint density at radius 2 is 2.04 bits per heavy atom. The number of nitrogens with one attached hydrogen (secondary N) is 1. The first-order chi connectivity index (χ1) is 11.3. The summed E-state index contributed by atoms with van der Waals surface area (Å²) in [5, 5.41) is 4.86. The van der Waals surface area contributed by atoms with Crippen molar-refractivity contribution in [2.75, 3.05) is 12.1 Å². The van der Waals surface area contributed by atoms with Gasteiger partial charge in [0.25, 0.3) is 5.91 Å². The third kappa shape index (κ3) is 2.76. The minimum atomic E-state index is -0.196. The number of thiazole rings is 1. The van der Waals surface area contributed by atoms with E-state index in [1.165, 1.54) is 11.3 Å². The fourth-order valence-corrected chi connectivity index (χ4v) is 2.91. The van der Waals surface area contributed by atoms with Crippen LogP contribution in [0.1, 0.15) is 10.4 Å². The van der Waals surface area contributed by atoms with Gasteiger partial charge in [-0.05, 0) is 30.3 Å². The Labute approximate surface area is 136 Å². The van der Waals surface area contributed by atoms with E-state index in [0.717, 1.165) is 16.9 Å². The van der Waals surface area contributed by atoms with Crippen molar-refractivity contribution in [3.05, 3.63) is 58.9 Å². The number of aromatic nitrogens is 1. The Morgan fingerprint density at radius 1 is 1.13 bits per heavy atom. The molecule has 3 aromatic rings. The summed E-state index contributed by atoms with van der Waals surface area (Å²) >= 11 is 1.54.